The van der Waals surface area contributed by atoms with Crippen molar-refractivity contribution < 1.29 is 9.84 Å². The van der Waals surface area contributed by atoms with E-state index in [1.165, 1.54) is 0 Å². The van der Waals surface area contributed by atoms with Crippen molar-refractivity contribution in [2.24, 2.45) is 0 Å². The number of rotatable bonds is 5. The summed E-state index contributed by atoms with van der Waals surface area (Å²) in [5.41, 5.74) is 0. The van der Waals surface area contributed by atoms with Gasteiger partial charge in [-0.2, -0.15) is 0 Å². The van der Waals surface area contributed by atoms with E-state index in [9.17, 15) is 0 Å². The summed E-state index contributed by atoms with van der Waals surface area (Å²) in [4.78, 5) is 4.23. The zero-order valence-corrected chi connectivity index (χ0v) is 9.25. The largest absolute Gasteiger partial charge is 0.495 e. The molecule has 1 atom stereocenters. The number of ether oxygens (including phenoxy) is 1. The second kappa shape index (κ2) is 5.88. The molecule has 0 aliphatic heterocycles. The third-order valence-corrected chi connectivity index (χ3v) is 2.92. The van der Waals surface area contributed by atoms with E-state index in [-0.39, 0.29) is 6.61 Å². The molecule has 0 aliphatic rings. The zero-order valence-electron chi connectivity index (χ0n) is 8.43. The molecule has 3 nitrogen and oxygen atoms in total. The number of nitrogens with zero attached hydrogens (tertiary/aromatic N) is 1. The summed E-state index contributed by atoms with van der Waals surface area (Å²) in [6, 6.07) is 3.82. The van der Waals surface area contributed by atoms with Crippen LogP contribution in [0.4, 0.5) is 0 Å². The van der Waals surface area contributed by atoms with Gasteiger partial charge in [0.25, 0.3) is 0 Å². The van der Waals surface area contributed by atoms with Crippen molar-refractivity contribution in [3.05, 3.63) is 18.3 Å². The molecule has 0 spiro atoms. The number of aromatic nitrogens is 1. The number of thioether (sulfide) groups is 1. The van der Waals surface area contributed by atoms with Crippen LogP contribution in [0.2, 0.25) is 0 Å². The van der Waals surface area contributed by atoms with E-state index in [1.54, 1.807) is 25.1 Å². The fourth-order valence-electron chi connectivity index (χ4n) is 1.00. The summed E-state index contributed by atoms with van der Waals surface area (Å²) < 4.78 is 5.01. The lowest BCUT2D eigenvalue weighted by molar-refractivity contribution is 0.289. The SMILES string of the molecule is COc1ccc(SC(C)CCO)nc1. The summed E-state index contributed by atoms with van der Waals surface area (Å²) in [7, 11) is 1.62. The molecule has 0 aromatic carbocycles. The minimum Gasteiger partial charge on any atom is -0.495 e. The third kappa shape index (κ3) is 3.55. The van der Waals surface area contributed by atoms with Crippen LogP contribution < -0.4 is 4.74 Å². The average Bonchev–Trinajstić information content (AvgIpc) is 2.19. The maximum Gasteiger partial charge on any atom is 0.137 e. The van der Waals surface area contributed by atoms with Gasteiger partial charge in [-0.3, -0.25) is 0 Å². The summed E-state index contributed by atoms with van der Waals surface area (Å²) in [5.74, 6) is 0.768. The van der Waals surface area contributed by atoms with Gasteiger partial charge in [-0.25, -0.2) is 4.98 Å². The molecule has 0 saturated carbocycles. The quantitative estimate of drug-likeness (QED) is 0.759. The Balaban J connectivity index is 2.50. The van der Waals surface area contributed by atoms with E-state index in [0.29, 0.717) is 5.25 Å². The second-order valence-corrected chi connectivity index (χ2v) is 4.44. The van der Waals surface area contributed by atoms with Crippen molar-refractivity contribution in [2.45, 2.75) is 23.6 Å². The summed E-state index contributed by atoms with van der Waals surface area (Å²) in [6.45, 7) is 2.30. The van der Waals surface area contributed by atoms with E-state index in [4.69, 9.17) is 9.84 Å². The van der Waals surface area contributed by atoms with Crippen LogP contribution in [0, 0.1) is 0 Å². The van der Waals surface area contributed by atoms with Gasteiger partial charge in [-0.1, -0.05) is 6.92 Å². The van der Waals surface area contributed by atoms with Gasteiger partial charge in [0.2, 0.25) is 0 Å². The Kier molecular flexibility index (Phi) is 4.76. The van der Waals surface area contributed by atoms with Crippen LogP contribution in [0.1, 0.15) is 13.3 Å². The lowest BCUT2D eigenvalue weighted by Crippen LogP contribution is -1.99. The molecular formula is C10H15NO2S. The Bertz CT molecular complexity index is 263. The van der Waals surface area contributed by atoms with E-state index in [0.717, 1.165) is 17.2 Å². The normalized spacial score (nSPS) is 12.5. The van der Waals surface area contributed by atoms with Crippen molar-refractivity contribution in [3.63, 3.8) is 0 Å². The standard InChI is InChI=1S/C10H15NO2S/c1-8(5-6-12)14-10-4-3-9(13-2)7-11-10/h3-4,7-8,12H,5-6H2,1-2H3. The van der Waals surface area contributed by atoms with Gasteiger partial charge in [0, 0.05) is 11.9 Å². The monoisotopic (exact) mass is 213 g/mol. The molecule has 0 aliphatic carbocycles. The number of aliphatic hydroxyl groups excluding tert-OH is 1. The van der Waals surface area contributed by atoms with Crippen LogP contribution in [-0.2, 0) is 0 Å². The molecule has 1 unspecified atom stereocenters. The predicted octanol–water partition coefficient (Wildman–Crippen LogP) is 1.95. The molecule has 0 radical (unpaired) electrons. The van der Waals surface area contributed by atoms with Crippen molar-refractivity contribution in [3.8, 4) is 5.75 Å². The highest BCUT2D eigenvalue weighted by molar-refractivity contribution is 7.99. The van der Waals surface area contributed by atoms with E-state index >= 15 is 0 Å². The minimum atomic E-state index is 0.227. The van der Waals surface area contributed by atoms with Gasteiger partial charge in [0.15, 0.2) is 0 Å². The van der Waals surface area contributed by atoms with Gasteiger partial charge in [0.05, 0.1) is 18.3 Å². The lowest BCUT2D eigenvalue weighted by atomic mass is 10.3. The minimum absolute atomic E-state index is 0.227. The smallest absolute Gasteiger partial charge is 0.137 e. The molecule has 1 heterocycles. The van der Waals surface area contributed by atoms with Gasteiger partial charge < -0.3 is 9.84 Å². The molecule has 0 saturated heterocycles. The van der Waals surface area contributed by atoms with Gasteiger partial charge in [-0.05, 0) is 18.6 Å². The number of methoxy groups -OCH3 is 1. The molecule has 0 amide bonds. The van der Waals surface area contributed by atoms with Crippen molar-refractivity contribution >= 4 is 11.8 Å². The highest BCUT2D eigenvalue weighted by Gasteiger charge is 2.04. The Morgan fingerprint density at radius 3 is 2.86 bits per heavy atom. The number of aliphatic hydroxyl groups is 1. The molecule has 1 N–H and O–H groups in total. The maximum absolute atomic E-state index is 8.74. The molecule has 0 bridgehead atoms. The second-order valence-electron chi connectivity index (χ2n) is 2.98. The van der Waals surface area contributed by atoms with Gasteiger partial charge in [-0.15, -0.1) is 11.8 Å². The first kappa shape index (κ1) is 11.3. The summed E-state index contributed by atoms with van der Waals surface area (Å²) in [6.07, 6.45) is 2.49. The molecule has 1 aromatic rings. The van der Waals surface area contributed by atoms with Crippen LogP contribution in [0.3, 0.4) is 0 Å². The first-order chi connectivity index (χ1) is 6.76. The highest BCUT2D eigenvalue weighted by Crippen LogP contribution is 2.24. The summed E-state index contributed by atoms with van der Waals surface area (Å²) in [5, 5.41) is 10.1. The van der Waals surface area contributed by atoms with Crippen LogP contribution in [0.15, 0.2) is 23.4 Å². The molecule has 1 aromatic heterocycles. The maximum atomic E-state index is 8.74. The van der Waals surface area contributed by atoms with Crippen LogP contribution in [-0.4, -0.2) is 29.1 Å². The lowest BCUT2D eigenvalue weighted by Gasteiger charge is -2.08. The van der Waals surface area contributed by atoms with E-state index in [2.05, 4.69) is 11.9 Å². The van der Waals surface area contributed by atoms with Crippen LogP contribution in [0.25, 0.3) is 0 Å². The fourth-order valence-corrected chi connectivity index (χ4v) is 1.90. The first-order valence-electron chi connectivity index (χ1n) is 4.54. The number of hydrogen-bond donors (Lipinski definition) is 1. The van der Waals surface area contributed by atoms with E-state index in [1.807, 2.05) is 12.1 Å². The Hall–Kier alpha value is -0.740. The van der Waals surface area contributed by atoms with E-state index < -0.39 is 0 Å². The molecule has 14 heavy (non-hydrogen) atoms. The predicted molar refractivity (Wildman–Crippen MR) is 57.8 cm³/mol. The third-order valence-electron chi connectivity index (χ3n) is 1.80. The number of pyridine rings is 1. The van der Waals surface area contributed by atoms with Crippen molar-refractivity contribution in [2.75, 3.05) is 13.7 Å². The fraction of sp³-hybridized carbons (Fsp3) is 0.500. The Morgan fingerprint density at radius 2 is 2.36 bits per heavy atom. The molecule has 78 valence electrons. The molecule has 4 heteroatoms. The Labute approximate surface area is 88.5 Å². The molecule has 0 fully saturated rings. The van der Waals surface area contributed by atoms with Gasteiger partial charge in [0.1, 0.15) is 5.75 Å². The van der Waals surface area contributed by atoms with Crippen molar-refractivity contribution in [1.29, 1.82) is 0 Å². The molecular weight excluding hydrogens is 198 g/mol. The topological polar surface area (TPSA) is 42.4 Å². The molecule has 1 rings (SSSR count). The van der Waals surface area contributed by atoms with Crippen LogP contribution in [0.5, 0.6) is 5.75 Å². The van der Waals surface area contributed by atoms with Crippen LogP contribution >= 0.6 is 11.8 Å². The average molecular weight is 213 g/mol. The summed E-state index contributed by atoms with van der Waals surface area (Å²) >= 11 is 1.66. The Morgan fingerprint density at radius 1 is 1.57 bits per heavy atom. The first-order valence-corrected chi connectivity index (χ1v) is 5.41. The zero-order chi connectivity index (χ0) is 10.4. The number of hydrogen-bond acceptors (Lipinski definition) is 4. The van der Waals surface area contributed by atoms with Gasteiger partial charge >= 0.3 is 0 Å². The van der Waals surface area contributed by atoms with Crippen molar-refractivity contribution in [1.82, 2.24) is 4.98 Å². The highest BCUT2D eigenvalue weighted by atomic mass is 32.2.